The number of rotatable bonds is 5. The first-order valence-electron chi connectivity index (χ1n) is 7.74. The average molecular weight is 259 g/mol. The summed E-state index contributed by atoms with van der Waals surface area (Å²) < 4.78 is 0. The van der Waals surface area contributed by atoms with Crippen molar-refractivity contribution in [2.24, 2.45) is 11.8 Å². The Morgan fingerprint density at radius 3 is 2.32 bits per heavy atom. The molecule has 1 aromatic carbocycles. The Labute approximate surface area is 118 Å². The monoisotopic (exact) mass is 259 g/mol. The molecule has 0 saturated heterocycles. The van der Waals surface area contributed by atoms with E-state index in [-0.39, 0.29) is 0 Å². The van der Waals surface area contributed by atoms with Gasteiger partial charge in [0.2, 0.25) is 0 Å². The molecule has 0 aliphatic heterocycles. The summed E-state index contributed by atoms with van der Waals surface area (Å²) in [6.07, 6.45) is 2.68. The van der Waals surface area contributed by atoms with Crippen LogP contribution in [0.5, 0.6) is 0 Å². The van der Waals surface area contributed by atoms with Gasteiger partial charge < -0.3 is 5.32 Å². The molecule has 106 valence electrons. The van der Waals surface area contributed by atoms with Gasteiger partial charge in [-0.1, -0.05) is 52.0 Å². The van der Waals surface area contributed by atoms with Crippen molar-refractivity contribution >= 4 is 0 Å². The minimum absolute atomic E-state index is 0.380. The third kappa shape index (κ3) is 3.02. The summed E-state index contributed by atoms with van der Waals surface area (Å²) in [4.78, 5) is 0. The van der Waals surface area contributed by atoms with Gasteiger partial charge in [0.05, 0.1) is 0 Å². The van der Waals surface area contributed by atoms with Crippen LogP contribution in [-0.2, 0) is 5.41 Å². The van der Waals surface area contributed by atoms with Crippen molar-refractivity contribution in [3.8, 4) is 0 Å². The normalized spacial score (nSPS) is 26.8. The molecule has 0 amide bonds. The van der Waals surface area contributed by atoms with Gasteiger partial charge in [-0.15, -0.1) is 0 Å². The Morgan fingerprint density at radius 1 is 1.16 bits per heavy atom. The predicted octanol–water partition coefficient (Wildman–Crippen LogP) is 4.30. The topological polar surface area (TPSA) is 12.0 Å². The maximum Gasteiger partial charge on any atom is 0.00859 e. The lowest BCUT2D eigenvalue weighted by atomic mass is 9.55. The molecule has 1 aliphatic carbocycles. The van der Waals surface area contributed by atoms with E-state index in [4.69, 9.17) is 0 Å². The van der Waals surface area contributed by atoms with Crippen LogP contribution in [0.15, 0.2) is 24.3 Å². The van der Waals surface area contributed by atoms with Gasteiger partial charge in [0, 0.05) is 18.0 Å². The standard InChI is InChI=1S/C18H29N/c1-13(2)16-10-18(11-16,12-19-14(3)4)17-9-7-6-8-15(17)5/h6-9,13-14,16,19H,10-12H2,1-5H3. The summed E-state index contributed by atoms with van der Waals surface area (Å²) in [7, 11) is 0. The molecule has 0 unspecified atom stereocenters. The van der Waals surface area contributed by atoms with E-state index in [1.165, 1.54) is 18.4 Å². The number of aryl methyl sites for hydroxylation is 1. The number of hydrogen-bond donors (Lipinski definition) is 1. The van der Waals surface area contributed by atoms with Crippen LogP contribution >= 0.6 is 0 Å². The van der Waals surface area contributed by atoms with Gasteiger partial charge in [-0.25, -0.2) is 0 Å². The number of nitrogens with one attached hydrogen (secondary N) is 1. The Kier molecular flexibility index (Phi) is 4.35. The van der Waals surface area contributed by atoms with Crippen LogP contribution in [0.25, 0.3) is 0 Å². The van der Waals surface area contributed by atoms with E-state index in [2.05, 4.69) is 64.2 Å². The van der Waals surface area contributed by atoms with Crippen molar-refractivity contribution in [1.82, 2.24) is 5.32 Å². The van der Waals surface area contributed by atoms with Crippen molar-refractivity contribution in [3.63, 3.8) is 0 Å². The molecule has 0 aromatic heterocycles. The first-order chi connectivity index (χ1) is 8.94. The van der Waals surface area contributed by atoms with Gasteiger partial charge in [0.1, 0.15) is 0 Å². The Hall–Kier alpha value is -0.820. The fourth-order valence-corrected chi connectivity index (χ4v) is 3.44. The van der Waals surface area contributed by atoms with Gasteiger partial charge in [-0.2, -0.15) is 0 Å². The lowest BCUT2D eigenvalue weighted by Gasteiger charge is -2.51. The minimum atomic E-state index is 0.380. The fraction of sp³-hybridized carbons (Fsp3) is 0.667. The van der Waals surface area contributed by atoms with Crippen LogP contribution in [0.4, 0.5) is 0 Å². The second-order valence-corrected chi connectivity index (χ2v) is 7.04. The molecule has 1 fully saturated rings. The van der Waals surface area contributed by atoms with Gasteiger partial charge in [0.15, 0.2) is 0 Å². The zero-order valence-corrected chi connectivity index (χ0v) is 13.2. The summed E-state index contributed by atoms with van der Waals surface area (Å²) in [6.45, 7) is 12.6. The lowest BCUT2D eigenvalue weighted by Crippen LogP contribution is -2.51. The number of benzene rings is 1. The van der Waals surface area contributed by atoms with Crippen LogP contribution in [0, 0.1) is 18.8 Å². The van der Waals surface area contributed by atoms with Crippen LogP contribution in [0.1, 0.15) is 51.7 Å². The van der Waals surface area contributed by atoms with E-state index in [0.717, 1.165) is 18.4 Å². The lowest BCUT2D eigenvalue weighted by molar-refractivity contribution is 0.0953. The van der Waals surface area contributed by atoms with E-state index in [1.54, 1.807) is 5.56 Å². The summed E-state index contributed by atoms with van der Waals surface area (Å²) >= 11 is 0. The van der Waals surface area contributed by atoms with Gasteiger partial charge >= 0.3 is 0 Å². The molecule has 0 radical (unpaired) electrons. The molecule has 19 heavy (non-hydrogen) atoms. The van der Waals surface area contributed by atoms with Crippen molar-refractivity contribution in [3.05, 3.63) is 35.4 Å². The van der Waals surface area contributed by atoms with E-state index in [0.29, 0.717) is 11.5 Å². The molecule has 1 saturated carbocycles. The Bertz CT molecular complexity index is 408. The van der Waals surface area contributed by atoms with Crippen molar-refractivity contribution < 1.29 is 0 Å². The predicted molar refractivity (Wildman–Crippen MR) is 83.6 cm³/mol. The van der Waals surface area contributed by atoms with Crippen LogP contribution in [0.2, 0.25) is 0 Å². The summed E-state index contributed by atoms with van der Waals surface area (Å²) in [5.41, 5.74) is 3.40. The average Bonchev–Trinajstić information content (AvgIpc) is 2.28. The first kappa shape index (κ1) is 14.6. The molecule has 0 spiro atoms. The van der Waals surface area contributed by atoms with E-state index in [9.17, 15) is 0 Å². The van der Waals surface area contributed by atoms with Crippen molar-refractivity contribution in [1.29, 1.82) is 0 Å². The molecule has 0 atom stereocenters. The third-order valence-electron chi connectivity index (χ3n) is 4.81. The zero-order valence-electron chi connectivity index (χ0n) is 13.2. The number of hydrogen-bond acceptors (Lipinski definition) is 1. The van der Waals surface area contributed by atoms with Gasteiger partial charge in [-0.3, -0.25) is 0 Å². The molecule has 0 heterocycles. The van der Waals surface area contributed by atoms with Crippen molar-refractivity contribution in [2.75, 3.05) is 6.54 Å². The highest BCUT2D eigenvalue weighted by atomic mass is 14.9. The highest BCUT2D eigenvalue weighted by Crippen LogP contribution is 2.51. The smallest absolute Gasteiger partial charge is 0.00859 e. The van der Waals surface area contributed by atoms with Crippen molar-refractivity contribution in [2.45, 2.75) is 58.9 Å². The third-order valence-corrected chi connectivity index (χ3v) is 4.81. The molecule has 1 N–H and O–H groups in total. The quantitative estimate of drug-likeness (QED) is 0.831. The summed E-state index contributed by atoms with van der Waals surface area (Å²) in [5.74, 6) is 1.71. The molecular formula is C18H29N. The highest BCUT2D eigenvalue weighted by molar-refractivity contribution is 5.36. The molecule has 1 aromatic rings. The minimum Gasteiger partial charge on any atom is -0.314 e. The highest BCUT2D eigenvalue weighted by Gasteiger charge is 2.46. The summed E-state index contributed by atoms with van der Waals surface area (Å²) in [6, 6.07) is 9.52. The Morgan fingerprint density at radius 2 is 1.79 bits per heavy atom. The van der Waals surface area contributed by atoms with Gasteiger partial charge in [-0.05, 0) is 42.7 Å². The molecule has 1 nitrogen and oxygen atoms in total. The molecule has 0 bridgehead atoms. The largest absolute Gasteiger partial charge is 0.314 e. The van der Waals surface area contributed by atoms with Gasteiger partial charge in [0.25, 0.3) is 0 Å². The molecule has 1 heteroatoms. The van der Waals surface area contributed by atoms with Crippen LogP contribution in [0.3, 0.4) is 0 Å². The second kappa shape index (κ2) is 5.66. The zero-order chi connectivity index (χ0) is 14.0. The van der Waals surface area contributed by atoms with E-state index in [1.807, 2.05) is 0 Å². The maximum absolute atomic E-state index is 3.67. The fourth-order valence-electron chi connectivity index (χ4n) is 3.44. The maximum atomic E-state index is 3.67. The second-order valence-electron chi connectivity index (χ2n) is 7.04. The summed E-state index contributed by atoms with van der Waals surface area (Å²) in [5, 5.41) is 3.67. The van der Waals surface area contributed by atoms with Crippen LogP contribution in [-0.4, -0.2) is 12.6 Å². The SMILES string of the molecule is Cc1ccccc1C1(CNC(C)C)CC(C(C)C)C1. The Balaban J connectivity index is 2.19. The first-order valence-corrected chi connectivity index (χ1v) is 7.74. The molecule has 2 rings (SSSR count). The van der Waals surface area contributed by atoms with Crippen LogP contribution < -0.4 is 5.32 Å². The van der Waals surface area contributed by atoms with E-state index < -0.39 is 0 Å². The molecular weight excluding hydrogens is 230 g/mol. The molecule has 1 aliphatic rings. The van der Waals surface area contributed by atoms with E-state index >= 15 is 0 Å².